The van der Waals surface area contributed by atoms with Gasteiger partial charge in [0.2, 0.25) is 0 Å². The number of rotatable bonds is 3. The Balaban J connectivity index is 1.91. The van der Waals surface area contributed by atoms with Crippen LogP contribution in [0.1, 0.15) is 10.5 Å². The Morgan fingerprint density at radius 2 is 1.95 bits per heavy atom. The van der Waals surface area contributed by atoms with Gasteiger partial charge in [0.1, 0.15) is 11.4 Å². The second-order valence-electron chi connectivity index (χ2n) is 4.69. The molecule has 22 heavy (non-hydrogen) atoms. The third-order valence-corrected chi connectivity index (χ3v) is 3.48. The average Bonchev–Trinajstić information content (AvgIpc) is 2.54. The number of methoxy groups -OCH3 is 1. The summed E-state index contributed by atoms with van der Waals surface area (Å²) < 4.78 is 5.21. The normalized spacial score (nSPS) is 10.5. The number of anilines is 1. The number of aromatic nitrogens is 1. The monoisotopic (exact) mass is 312 g/mol. The summed E-state index contributed by atoms with van der Waals surface area (Å²) >= 11 is 5.96. The number of pyridine rings is 1. The Labute approximate surface area is 132 Å². The molecule has 0 radical (unpaired) electrons. The zero-order valence-electron chi connectivity index (χ0n) is 11.8. The summed E-state index contributed by atoms with van der Waals surface area (Å²) in [5.41, 5.74) is 1.61. The molecule has 3 rings (SSSR count). The van der Waals surface area contributed by atoms with Crippen LogP contribution in [0, 0.1) is 0 Å². The fraction of sp³-hybridized carbons (Fsp3) is 0.0588. The highest BCUT2D eigenvalue weighted by Crippen LogP contribution is 2.28. The van der Waals surface area contributed by atoms with Crippen LogP contribution in [0.4, 0.5) is 5.69 Å². The van der Waals surface area contributed by atoms with E-state index < -0.39 is 0 Å². The first-order valence-electron chi connectivity index (χ1n) is 6.68. The number of hydrogen-bond acceptors (Lipinski definition) is 3. The minimum absolute atomic E-state index is 0.314. The van der Waals surface area contributed by atoms with Crippen LogP contribution in [0.2, 0.25) is 5.02 Å². The topological polar surface area (TPSA) is 51.2 Å². The second-order valence-corrected chi connectivity index (χ2v) is 5.12. The van der Waals surface area contributed by atoms with Crippen molar-refractivity contribution in [2.24, 2.45) is 0 Å². The first kappa shape index (κ1) is 14.4. The fourth-order valence-electron chi connectivity index (χ4n) is 2.16. The first-order valence-corrected chi connectivity index (χ1v) is 7.06. The quantitative estimate of drug-likeness (QED) is 0.790. The van der Waals surface area contributed by atoms with Gasteiger partial charge in [-0.1, -0.05) is 35.9 Å². The van der Waals surface area contributed by atoms with Gasteiger partial charge in [-0.3, -0.25) is 4.79 Å². The number of nitrogens with one attached hydrogen (secondary N) is 1. The summed E-state index contributed by atoms with van der Waals surface area (Å²) in [6.07, 6.45) is 0. The molecule has 0 spiro atoms. The van der Waals surface area contributed by atoms with Crippen molar-refractivity contribution >= 4 is 34.1 Å². The molecule has 1 N–H and O–H groups in total. The van der Waals surface area contributed by atoms with Gasteiger partial charge in [-0.05, 0) is 30.3 Å². The minimum atomic E-state index is -0.314. The summed E-state index contributed by atoms with van der Waals surface area (Å²) in [6, 6.07) is 16.2. The molecule has 5 heteroatoms. The number of benzene rings is 2. The van der Waals surface area contributed by atoms with Gasteiger partial charge in [0.15, 0.2) is 0 Å². The second kappa shape index (κ2) is 6.03. The maximum atomic E-state index is 12.4. The number of fused-ring (bicyclic) bond motifs is 1. The number of hydrogen-bond donors (Lipinski definition) is 1. The molecule has 0 aliphatic carbocycles. The van der Waals surface area contributed by atoms with Crippen LogP contribution < -0.4 is 10.1 Å². The van der Waals surface area contributed by atoms with Crippen molar-refractivity contribution in [3.8, 4) is 5.75 Å². The number of carbonyl (C=O) groups excluding carboxylic acids is 1. The third-order valence-electron chi connectivity index (χ3n) is 3.24. The van der Waals surface area contributed by atoms with E-state index in [0.29, 0.717) is 22.2 Å². The van der Waals surface area contributed by atoms with Crippen molar-refractivity contribution in [3.05, 3.63) is 65.3 Å². The molecular formula is C17H13ClN2O2. The summed E-state index contributed by atoms with van der Waals surface area (Å²) in [5.74, 6) is 0.227. The van der Waals surface area contributed by atoms with Gasteiger partial charge < -0.3 is 10.1 Å². The van der Waals surface area contributed by atoms with Crippen molar-refractivity contribution in [2.45, 2.75) is 0 Å². The molecule has 0 aliphatic heterocycles. The maximum Gasteiger partial charge on any atom is 0.274 e. The number of nitrogens with zero attached hydrogens (tertiary/aromatic N) is 1. The molecule has 0 aliphatic rings. The van der Waals surface area contributed by atoms with Crippen LogP contribution in [0.5, 0.6) is 5.75 Å². The van der Waals surface area contributed by atoms with E-state index in [9.17, 15) is 4.79 Å². The lowest BCUT2D eigenvalue weighted by Crippen LogP contribution is -2.14. The Morgan fingerprint density at radius 1 is 1.14 bits per heavy atom. The van der Waals surface area contributed by atoms with E-state index in [-0.39, 0.29) is 5.91 Å². The van der Waals surface area contributed by atoms with Crippen LogP contribution in [0.15, 0.2) is 54.6 Å². The first-order chi connectivity index (χ1) is 10.7. The molecule has 1 aromatic heterocycles. The Morgan fingerprint density at radius 3 is 2.77 bits per heavy atom. The van der Waals surface area contributed by atoms with Crippen molar-refractivity contribution < 1.29 is 9.53 Å². The van der Waals surface area contributed by atoms with Crippen LogP contribution >= 0.6 is 11.6 Å². The number of para-hydroxylation sites is 1. The van der Waals surface area contributed by atoms with Crippen molar-refractivity contribution in [2.75, 3.05) is 12.4 Å². The van der Waals surface area contributed by atoms with Crippen molar-refractivity contribution in [1.29, 1.82) is 0 Å². The minimum Gasteiger partial charge on any atom is -0.495 e. The van der Waals surface area contributed by atoms with E-state index in [1.807, 2.05) is 30.3 Å². The van der Waals surface area contributed by atoms with Crippen LogP contribution in [0.25, 0.3) is 10.9 Å². The Bertz CT molecular complexity index is 849. The largest absolute Gasteiger partial charge is 0.495 e. The average molecular weight is 313 g/mol. The summed E-state index contributed by atoms with van der Waals surface area (Å²) in [5, 5.41) is 4.27. The fourth-order valence-corrected chi connectivity index (χ4v) is 2.33. The van der Waals surface area contributed by atoms with Crippen molar-refractivity contribution in [1.82, 2.24) is 4.98 Å². The highest BCUT2D eigenvalue weighted by molar-refractivity contribution is 6.31. The maximum absolute atomic E-state index is 12.4. The molecule has 110 valence electrons. The third kappa shape index (κ3) is 2.87. The molecule has 0 bridgehead atoms. The zero-order valence-corrected chi connectivity index (χ0v) is 12.6. The van der Waals surface area contributed by atoms with Gasteiger partial charge in [-0.25, -0.2) is 4.98 Å². The Hall–Kier alpha value is -2.59. The van der Waals surface area contributed by atoms with Crippen LogP contribution in [0.3, 0.4) is 0 Å². The lowest BCUT2D eigenvalue weighted by molar-refractivity contribution is 0.102. The molecule has 0 atom stereocenters. The molecule has 0 saturated carbocycles. The van der Waals surface area contributed by atoms with Gasteiger partial charge >= 0.3 is 0 Å². The summed E-state index contributed by atoms with van der Waals surface area (Å²) in [7, 11) is 1.53. The van der Waals surface area contributed by atoms with E-state index in [0.717, 1.165) is 10.9 Å². The number of amides is 1. The lowest BCUT2D eigenvalue weighted by atomic mass is 10.2. The van der Waals surface area contributed by atoms with Gasteiger partial charge in [-0.2, -0.15) is 0 Å². The van der Waals surface area contributed by atoms with E-state index in [2.05, 4.69) is 10.3 Å². The van der Waals surface area contributed by atoms with E-state index in [1.54, 1.807) is 24.3 Å². The van der Waals surface area contributed by atoms with Crippen LogP contribution in [-0.2, 0) is 0 Å². The SMILES string of the molecule is COc1ccc(Cl)cc1NC(=O)c1ccc2ccccc2n1. The van der Waals surface area contributed by atoms with Gasteiger partial charge in [0.05, 0.1) is 18.3 Å². The molecule has 2 aromatic carbocycles. The predicted molar refractivity (Wildman–Crippen MR) is 87.7 cm³/mol. The van der Waals surface area contributed by atoms with Gasteiger partial charge in [-0.15, -0.1) is 0 Å². The highest BCUT2D eigenvalue weighted by atomic mass is 35.5. The molecule has 0 saturated heterocycles. The van der Waals surface area contributed by atoms with E-state index in [1.165, 1.54) is 7.11 Å². The standard InChI is InChI=1S/C17H13ClN2O2/c1-22-16-9-7-12(18)10-15(16)20-17(21)14-8-6-11-4-2-3-5-13(11)19-14/h2-10H,1H3,(H,20,21). The smallest absolute Gasteiger partial charge is 0.274 e. The van der Waals surface area contributed by atoms with E-state index in [4.69, 9.17) is 16.3 Å². The molecule has 1 heterocycles. The van der Waals surface area contributed by atoms with E-state index >= 15 is 0 Å². The van der Waals surface area contributed by atoms with Gasteiger partial charge in [0, 0.05) is 10.4 Å². The number of ether oxygens (including phenoxy) is 1. The van der Waals surface area contributed by atoms with Gasteiger partial charge in [0.25, 0.3) is 5.91 Å². The number of halogens is 1. The highest BCUT2D eigenvalue weighted by Gasteiger charge is 2.12. The molecule has 1 amide bonds. The predicted octanol–water partition coefficient (Wildman–Crippen LogP) is 4.15. The summed E-state index contributed by atoms with van der Waals surface area (Å²) in [4.78, 5) is 16.7. The molecule has 3 aromatic rings. The molecule has 0 unspecified atom stereocenters. The molecule has 4 nitrogen and oxygen atoms in total. The summed E-state index contributed by atoms with van der Waals surface area (Å²) in [6.45, 7) is 0. The molecule has 0 fully saturated rings. The number of carbonyl (C=O) groups is 1. The molecular weight excluding hydrogens is 300 g/mol. The van der Waals surface area contributed by atoms with Crippen LogP contribution in [-0.4, -0.2) is 18.0 Å². The van der Waals surface area contributed by atoms with Crippen molar-refractivity contribution in [3.63, 3.8) is 0 Å². The zero-order chi connectivity index (χ0) is 15.5. The Kier molecular flexibility index (Phi) is 3.94. The lowest BCUT2D eigenvalue weighted by Gasteiger charge is -2.10.